The largest absolute Gasteiger partial charge is 0.337 e. The van der Waals surface area contributed by atoms with Crippen molar-refractivity contribution >= 4 is 16.8 Å². The van der Waals surface area contributed by atoms with Crippen LogP contribution in [0, 0.1) is 0 Å². The van der Waals surface area contributed by atoms with Crippen molar-refractivity contribution in [3.63, 3.8) is 0 Å². The Morgan fingerprint density at radius 1 is 1.20 bits per heavy atom. The van der Waals surface area contributed by atoms with Crippen LogP contribution in [0.5, 0.6) is 0 Å². The van der Waals surface area contributed by atoms with Gasteiger partial charge >= 0.3 is 0 Å². The molecule has 0 saturated heterocycles. The average molecular weight is 271 g/mol. The molecule has 2 aromatic rings. The minimum absolute atomic E-state index is 0.0364. The van der Waals surface area contributed by atoms with Gasteiger partial charge in [-0.2, -0.15) is 5.10 Å². The van der Waals surface area contributed by atoms with Crippen LogP contribution in [-0.2, 0) is 0 Å². The molecule has 4 nitrogen and oxygen atoms in total. The number of hydrogen-bond donors (Lipinski definition) is 1. The van der Waals surface area contributed by atoms with E-state index in [4.69, 9.17) is 0 Å². The highest BCUT2D eigenvalue weighted by Gasteiger charge is 2.24. The molecule has 106 valence electrons. The number of nitrogens with zero attached hydrogens (tertiary/aromatic N) is 2. The topological polar surface area (TPSA) is 49.0 Å². The predicted molar refractivity (Wildman–Crippen MR) is 79.7 cm³/mol. The molecular formula is C16H21N3O. The van der Waals surface area contributed by atoms with Gasteiger partial charge in [-0.15, -0.1) is 0 Å². The van der Waals surface area contributed by atoms with E-state index >= 15 is 0 Å². The maximum absolute atomic E-state index is 12.7. The lowest BCUT2D eigenvalue weighted by atomic mass is 10.1. The van der Waals surface area contributed by atoms with E-state index in [9.17, 15) is 4.79 Å². The molecule has 1 amide bonds. The molecule has 4 heteroatoms. The van der Waals surface area contributed by atoms with Crippen molar-refractivity contribution in [3.05, 3.63) is 30.0 Å². The number of rotatable bonds is 2. The van der Waals surface area contributed by atoms with Gasteiger partial charge in [0.2, 0.25) is 0 Å². The number of amides is 1. The number of carbonyl (C=O) groups is 1. The van der Waals surface area contributed by atoms with Crippen LogP contribution < -0.4 is 0 Å². The maximum Gasteiger partial charge on any atom is 0.274 e. The van der Waals surface area contributed by atoms with E-state index in [2.05, 4.69) is 10.2 Å². The van der Waals surface area contributed by atoms with Gasteiger partial charge in [0.25, 0.3) is 5.91 Å². The van der Waals surface area contributed by atoms with Crippen LogP contribution >= 0.6 is 0 Å². The van der Waals surface area contributed by atoms with Crippen LogP contribution in [0.25, 0.3) is 10.9 Å². The second-order valence-corrected chi connectivity index (χ2v) is 5.68. The molecule has 0 aliphatic heterocycles. The molecule has 1 saturated carbocycles. The number of nitrogens with one attached hydrogen (secondary N) is 1. The highest BCUT2D eigenvalue weighted by Crippen LogP contribution is 2.23. The van der Waals surface area contributed by atoms with Crippen LogP contribution in [0.3, 0.4) is 0 Å². The SMILES string of the molecule is CN(C(=O)c1n[nH]c2ccccc12)C1CCCCCC1. The number of aromatic nitrogens is 2. The van der Waals surface area contributed by atoms with Gasteiger partial charge in [-0.05, 0) is 18.9 Å². The van der Waals surface area contributed by atoms with Crippen molar-refractivity contribution in [1.29, 1.82) is 0 Å². The maximum atomic E-state index is 12.7. The molecule has 1 aromatic heterocycles. The van der Waals surface area contributed by atoms with E-state index in [1.54, 1.807) is 0 Å². The number of fused-ring (bicyclic) bond motifs is 1. The first-order chi connectivity index (χ1) is 9.77. The van der Waals surface area contributed by atoms with E-state index in [0.717, 1.165) is 23.7 Å². The third kappa shape index (κ3) is 2.42. The number of hydrogen-bond acceptors (Lipinski definition) is 2. The van der Waals surface area contributed by atoms with Gasteiger partial charge < -0.3 is 4.90 Å². The van der Waals surface area contributed by atoms with Gasteiger partial charge in [-0.3, -0.25) is 9.89 Å². The number of carbonyl (C=O) groups excluding carboxylic acids is 1. The van der Waals surface area contributed by atoms with Crippen molar-refractivity contribution < 1.29 is 4.79 Å². The summed E-state index contributed by atoms with van der Waals surface area (Å²) >= 11 is 0. The Morgan fingerprint density at radius 3 is 2.65 bits per heavy atom. The van der Waals surface area contributed by atoms with Crippen LogP contribution in [0.15, 0.2) is 24.3 Å². The van der Waals surface area contributed by atoms with Gasteiger partial charge in [0.05, 0.1) is 5.52 Å². The molecule has 0 unspecified atom stereocenters. The second kappa shape index (κ2) is 5.65. The monoisotopic (exact) mass is 271 g/mol. The van der Waals surface area contributed by atoms with Gasteiger partial charge in [0.1, 0.15) is 0 Å². The lowest BCUT2D eigenvalue weighted by Gasteiger charge is -2.26. The quantitative estimate of drug-likeness (QED) is 0.851. The highest BCUT2D eigenvalue weighted by atomic mass is 16.2. The molecule has 1 heterocycles. The van der Waals surface area contributed by atoms with E-state index in [1.807, 2.05) is 36.2 Å². The van der Waals surface area contributed by atoms with Crippen LogP contribution in [-0.4, -0.2) is 34.1 Å². The molecule has 1 aromatic carbocycles. The lowest BCUT2D eigenvalue weighted by molar-refractivity contribution is 0.0713. The molecule has 0 radical (unpaired) electrons. The molecule has 1 N–H and O–H groups in total. The van der Waals surface area contributed by atoms with Crippen LogP contribution in [0.2, 0.25) is 0 Å². The van der Waals surface area contributed by atoms with E-state index in [1.165, 1.54) is 25.7 Å². The third-order valence-electron chi connectivity index (χ3n) is 4.37. The predicted octanol–water partition coefficient (Wildman–Crippen LogP) is 3.36. The lowest BCUT2D eigenvalue weighted by Crippen LogP contribution is -2.37. The first kappa shape index (κ1) is 13.2. The van der Waals surface area contributed by atoms with Crippen molar-refractivity contribution in [2.45, 2.75) is 44.6 Å². The Bertz CT molecular complexity index is 597. The summed E-state index contributed by atoms with van der Waals surface area (Å²) in [4.78, 5) is 14.6. The van der Waals surface area contributed by atoms with Gasteiger partial charge in [-0.25, -0.2) is 0 Å². The summed E-state index contributed by atoms with van der Waals surface area (Å²) in [5, 5.41) is 8.07. The molecule has 1 aliphatic rings. The van der Waals surface area contributed by atoms with Crippen molar-refractivity contribution in [2.75, 3.05) is 7.05 Å². The molecule has 0 bridgehead atoms. The Morgan fingerprint density at radius 2 is 1.90 bits per heavy atom. The van der Waals surface area contributed by atoms with Crippen molar-refractivity contribution in [3.8, 4) is 0 Å². The Kier molecular flexibility index (Phi) is 3.72. The molecule has 3 rings (SSSR count). The van der Waals surface area contributed by atoms with E-state index in [-0.39, 0.29) is 5.91 Å². The summed E-state index contributed by atoms with van der Waals surface area (Å²) in [7, 11) is 1.92. The van der Waals surface area contributed by atoms with E-state index in [0.29, 0.717) is 11.7 Å². The fraction of sp³-hybridized carbons (Fsp3) is 0.500. The Labute approximate surface area is 119 Å². The highest BCUT2D eigenvalue weighted by molar-refractivity contribution is 6.04. The molecular weight excluding hydrogens is 250 g/mol. The zero-order valence-corrected chi connectivity index (χ0v) is 11.9. The Hall–Kier alpha value is -1.84. The smallest absolute Gasteiger partial charge is 0.274 e. The van der Waals surface area contributed by atoms with Crippen LogP contribution in [0.1, 0.15) is 49.0 Å². The summed E-state index contributed by atoms with van der Waals surface area (Å²) in [6, 6.07) is 8.16. The molecule has 20 heavy (non-hydrogen) atoms. The fourth-order valence-electron chi connectivity index (χ4n) is 3.10. The fourth-order valence-corrected chi connectivity index (χ4v) is 3.10. The van der Waals surface area contributed by atoms with Crippen molar-refractivity contribution in [2.24, 2.45) is 0 Å². The van der Waals surface area contributed by atoms with E-state index < -0.39 is 0 Å². The zero-order chi connectivity index (χ0) is 13.9. The number of para-hydroxylation sites is 1. The van der Waals surface area contributed by atoms with Gasteiger partial charge in [0.15, 0.2) is 5.69 Å². The van der Waals surface area contributed by atoms with Crippen LogP contribution in [0.4, 0.5) is 0 Å². The molecule has 0 spiro atoms. The van der Waals surface area contributed by atoms with Gasteiger partial charge in [0, 0.05) is 18.5 Å². The summed E-state index contributed by atoms with van der Waals surface area (Å²) in [6.45, 7) is 0. The van der Waals surface area contributed by atoms with Crippen molar-refractivity contribution in [1.82, 2.24) is 15.1 Å². The zero-order valence-electron chi connectivity index (χ0n) is 11.9. The second-order valence-electron chi connectivity index (χ2n) is 5.68. The molecule has 0 atom stereocenters. The standard InChI is InChI=1S/C16H21N3O/c1-19(12-8-4-2-3-5-9-12)16(20)15-13-10-6-7-11-14(13)17-18-15/h6-7,10-12H,2-5,8-9H2,1H3,(H,17,18). The van der Waals surface area contributed by atoms with Gasteiger partial charge in [-0.1, -0.05) is 43.9 Å². The number of benzene rings is 1. The summed E-state index contributed by atoms with van der Waals surface area (Å²) < 4.78 is 0. The minimum atomic E-state index is 0.0364. The first-order valence-corrected chi connectivity index (χ1v) is 7.47. The number of H-pyrrole nitrogens is 1. The summed E-state index contributed by atoms with van der Waals surface area (Å²) in [6.07, 6.45) is 7.27. The molecule has 1 fully saturated rings. The Balaban J connectivity index is 1.84. The third-order valence-corrected chi connectivity index (χ3v) is 4.37. The average Bonchev–Trinajstić information content (AvgIpc) is 2.72. The first-order valence-electron chi connectivity index (χ1n) is 7.47. The molecule has 1 aliphatic carbocycles. The summed E-state index contributed by atoms with van der Waals surface area (Å²) in [5.41, 5.74) is 1.47. The normalized spacial score (nSPS) is 17.1. The summed E-state index contributed by atoms with van der Waals surface area (Å²) in [5.74, 6) is 0.0364. The minimum Gasteiger partial charge on any atom is -0.337 e. The number of aromatic amines is 1.